The van der Waals surface area contributed by atoms with E-state index < -0.39 is 0 Å². The van der Waals surface area contributed by atoms with Crippen LogP contribution in [0.15, 0.2) is 35.4 Å². The van der Waals surface area contributed by atoms with Crippen molar-refractivity contribution >= 4 is 23.0 Å². The number of hydrogen-bond donors (Lipinski definition) is 1. The molecule has 1 heterocycles. The lowest BCUT2D eigenvalue weighted by atomic mass is 10.1. The van der Waals surface area contributed by atoms with Crippen LogP contribution in [0.25, 0.3) is 0 Å². The van der Waals surface area contributed by atoms with Crippen molar-refractivity contribution in [1.82, 2.24) is 0 Å². The molecule has 86 valence electrons. The smallest absolute Gasteiger partial charge is 0.0607 e. The molecule has 1 aliphatic rings. The molecular weight excluding hydrogens is 220 g/mol. The minimum Gasteiger partial charge on any atom is -0.381 e. The first kappa shape index (κ1) is 11.3. The van der Waals surface area contributed by atoms with Crippen LogP contribution >= 0.6 is 11.6 Å². The van der Waals surface area contributed by atoms with Crippen molar-refractivity contribution < 1.29 is 0 Å². The molecule has 1 N–H and O–H groups in total. The van der Waals surface area contributed by atoms with Crippen LogP contribution in [-0.2, 0) is 0 Å². The maximum absolute atomic E-state index is 5.74. The summed E-state index contributed by atoms with van der Waals surface area (Å²) in [7, 11) is 0. The molecule has 2 rings (SSSR count). The second-order valence-corrected chi connectivity index (χ2v) is 4.55. The lowest BCUT2D eigenvalue weighted by Gasteiger charge is -2.37. The Morgan fingerprint density at radius 3 is 3.06 bits per heavy atom. The number of fused-ring (bicyclic) bond motifs is 1. The van der Waals surface area contributed by atoms with Crippen LogP contribution in [-0.4, -0.2) is 19.1 Å². The van der Waals surface area contributed by atoms with E-state index in [1.54, 1.807) is 5.54 Å². The molecule has 0 radical (unpaired) electrons. The van der Waals surface area contributed by atoms with Crippen molar-refractivity contribution in [2.75, 3.05) is 23.3 Å². The van der Waals surface area contributed by atoms with E-state index in [4.69, 9.17) is 11.6 Å². The molecule has 2 nitrogen and oxygen atoms in total. The van der Waals surface area contributed by atoms with Crippen molar-refractivity contribution in [3.63, 3.8) is 0 Å². The van der Waals surface area contributed by atoms with Gasteiger partial charge in [0.25, 0.3) is 0 Å². The fourth-order valence-corrected chi connectivity index (χ4v) is 2.09. The summed E-state index contributed by atoms with van der Waals surface area (Å²) in [6.45, 7) is 6.16. The van der Waals surface area contributed by atoms with Crippen molar-refractivity contribution in [2.45, 2.75) is 19.9 Å². The summed E-state index contributed by atoms with van der Waals surface area (Å²) in [5, 5.41) is 3.44. The average molecular weight is 237 g/mol. The molecule has 1 aromatic carbocycles. The minimum absolute atomic E-state index is 0.487. The highest BCUT2D eigenvalue weighted by molar-refractivity contribution is 6.25. The Balaban J connectivity index is 2.29. The molecule has 1 unspecified atom stereocenters. The first-order chi connectivity index (χ1) is 7.72. The second kappa shape index (κ2) is 4.79. The van der Waals surface area contributed by atoms with Crippen LogP contribution < -0.4 is 10.2 Å². The summed E-state index contributed by atoms with van der Waals surface area (Å²) >= 11 is 5.74. The van der Waals surface area contributed by atoms with E-state index in [-0.39, 0.29) is 0 Å². The molecule has 0 fully saturated rings. The fraction of sp³-hybridized carbons (Fsp3) is 0.385. The molecule has 0 bridgehead atoms. The minimum atomic E-state index is 0.487. The van der Waals surface area contributed by atoms with Gasteiger partial charge in [-0.1, -0.05) is 23.7 Å². The first-order valence-electron chi connectivity index (χ1n) is 5.57. The summed E-state index contributed by atoms with van der Waals surface area (Å²) in [4.78, 5) is 2.39. The third kappa shape index (κ3) is 2.17. The lowest BCUT2D eigenvalue weighted by Crippen LogP contribution is -2.42. The Bertz CT molecular complexity index is 401. The number of para-hydroxylation sites is 2. The Labute approximate surface area is 102 Å². The molecule has 0 aromatic heterocycles. The van der Waals surface area contributed by atoms with E-state index in [0.29, 0.717) is 6.04 Å². The number of hydrogen-bond acceptors (Lipinski definition) is 2. The monoisotopic (exact) mass is 236 g/mol. The fourth-order valence-electron chi connectivity index (χ4n) is 2.02. The van der Waals surface area contributed by atoms with Gasteiger partial charge < -0.3 is 10.2 Å². The van der Waals surface area contributed by atoms with Gasteiger partial charge in [-0.2, -0.15) is 0 Å². The third-order valence-corrected chi connectivity index (χ3v) is 3.31. The highest BCUT2D eigenvalue weighted by atomic mass is 35.5. The highest BCUT2D eigenvalue weighted by Crippen LogP contribution is 2.31. The van der Waals surface area contributed by atoms with Gasteiger partial charge in [0, 0.05) is 24.7 Å². The van der Waals surface area contributed by atoms with Gasteiger partial charge in [0.05, 0.1) is 11.4 Å². The van der Waals surface area contributed by atoms with Gasteiger partial charge in [0.1, 0.15) is 0 Å². The van der Waals surface area contributed by atoms with E-state index in [1.807, 2.05) is 0 Å². The number of anilines is 2. The van der Waals surface area contributed by atoms with E-state index >= 15 is 0 Å². The summed E-state index contributed by atoms with van der Waals surface area (Å²) in [6.07, 6.45) is 0. The number of halogens is 1. The quantitative estimate of drug-likeness (QED) is 0.846. The van der Waals surface area contributed by atoms with Gasteiger partial charge in [0.15, 0.2) is 0 Å². The van der Waals surface area contributed by atoms with Gasteiger partial charge in [-0.3, -0.25) is 0 Å². The normalized spacial score (nSPS) is 20.3. The van der Waals surface area contributed by atoms with Gasteiger partial charge in [0.2, 0.25) is 0 Å². The van der Waals surface area contributed by atoms with E-state index in [0.717, 1.165) is 13.1 Å². The highest BCUT2D eigenvalue weighted by Gasteiger charge is 2.21. The molecule has 0 aliphatic carbocycles. The SMILES string of the molecule is C/C(=C\Cl)CN1c2ccccc2NCC1C. The van der Waals surface area contributed by atoms with Crippen molar-refractivity contribution in [1.29, 1.82) is 0 Å². The number of benzene rings is 1. The Morgan fingerprint density at radius 1 is 1.56 bits per heavy atom. The first-order valence-corrected chi connectivity index (χ1v) is 6.01. The zero-order valence-electron chi connectivity index (χ0n) is 9.70. The molecule has 3 heteroatoms. The zero-order chi connectivity index (χ0) is 11.5. The summed E-state index contributed by atoms with van der Waals surface area (Å²) < 4.78 is 0. The predicted molar refractivity (Wildman–Crippen MR) is 71.3 cm³/mol. The van der Waals surface area contributed by atoms with Crippen LogP contribution in [0.3, 0.4) is 0 Å². The van der Waals surface area contributed by atoms with E-state index in [1.165, 1.54) is 16.9 Å². The summed E-state index contributed by atoms with van der Waals surface area (Å²) in [6, 6.07) is 8.89. The van der Waals surface area contributed by atoms with Crippen molar-refractivity contribution in [2.24, 2.45) is 0 Å². The van der Waals surface area contributed by atoms with Crippen molar-refractivity contribution in [3.05, 3.63) is 35.4 Å². The van der Waals surface area contributed by atoms with Gasteiger partial charge in [-0.05, 0) is 31.6 Å². The Morgan fingerprint density at radius 2 is 2.31 bits per heavy atom. The maximum Gasteiger partial charge on any atom is 0.0607 e. The molecule has 0 amide bonds. The van der Waals surface area contributed by atoms with Crippen LogP contribution in [0, 0.1) is 0 Å². The molecular formula is C13H17ClN2. The Hall–Kier alpha value is -1.15. The molecule has 16 heavy (non-hydrogen) atoms. The van der Waals surface area contributed by atoms with Crippen LogP contribution in [0.5, 0.6) is 0 Å². The van der Waals surface area contributed by atoms with Crippen LogP contribution in [0.4, 0.5) is 11.4 Å². The topological polar surface area (TPSA) is 15.3 Å². The average Bonchev–Trinajstić information content (AvgIpc) is 2.32. The molecule has 1 aliphatic heterocycles. The van der Waals surface area contributed by atoms with E-state index in [2.05, 4.69) is 48.3 Å². The molecule has 0 spiro atoms. The molecule has 1 atom stereocenters. The number of nitrogens with one attached hydrogen (secondary N) is 1. The molecule has 0 saturated carbocycles. The lowest BCUT2D eigenvalue weighted by molar-refractivity contribution is 0.666. The van der Waals surface area contributed by atoms with Gasteiger partial charge in [-0.25, -0.2) is 0 Å². The number of rotatable bonds is 2. The third-order valence-electron chi connectivity index (χ3n) is 2.94. The van der Waals surface area contributed by atoms with Crippen molar-refractivity contribution in [3.8, 4) is 0 Å². The predicted octanol–water partition coefficient (Wildman–Crippen LogP) is 3.45. The zero-order valence-corrected chi connectivity index (χ0v) is 10.5. The van der Waals surface area contributed by atoms with Gasteiger partial charge in [-0.15, -0.1) is 0 Å². The maximum atomic E-state index is 5.74. The largest absolute Gasteiger partial charge is 0.381 e. The van der Waals surface area contributed by atoms with Crippen LogP contribution in [0.2, 0.25) is 0 Å². The summed E-state index contributed by atoms with van der Waals surface area (Å²) in [5.74, 6) is 0. The summed E-state index contributed by atoms with van der Waals surface area (Å²) in [5.41, 5.74) is 5.32. The van der Waals surface area contributed by atoms with Crippen LogP contribution in [0.1, 0.15) is 13.8 Å². The molecule has 1 aromatic rings. The number of nitrogens with zero attached hydrogens (tertiary/aromatic N) is 1. The second-order valence-electron chi connectivity index (χ2n) is 4.33. The van der Waals surface area contributed by atoms with E-state index in [9.17, 15) is 0 Å². The Kier molecular flexibility index (Phi) is 3.39. The standard InChI is InChI=1S/C13H17ClN2/c1-10(7-14)9-16-11(2)8-15-12-5-3-4-6-13(12)16/h3-7,11,15H,8-9H2,1-2H3/b10-7+. The molecule has 0 saturated heterocycles. The van der Waals surface area contributed by atoms with Gasteiger partial charge >= 0.3 is 0 Å².